The van der Waals surface area contributed by atoms with Crippen LogP contribution in [0, 0.1) is 0 Å². The molecule has 6 heterocycles. The number of aliphatic hydroxyl groups is 16. The van der Waals surface area contributed by atoms with Gasteiger partial charge in [-0.1, -0.05) is 0 Å². The molecule has 33 heteroatoms. The summed E-state index contributed by atoms with van der Waals surface area (Å²) < 4.78 is 64.4. The Kier molecular flexibility index (Phi) is 22.4. The summed E-state index contributed by atoms with van der Waals surface area (Å²) in [5, 5.41) is 181. The Labute approximate surface area is 432 Å². The lowest BCUT2D eigenvalue weighted by atomic mass is 9.92. The van der Waals surface area contributed by atoms with Gasteiger partial charge in [-0.3, -0.25) is 14.4 Å². The summed E-state index contributed by atoms with van der Waals surface area (Å²) in [6, 6.07) is -4.41. The van der Waals surface area contributed by atoms with Crippen LogP contribution in [-0.4, -0.2) is 323 Å². The molecule has 0 aromatic rings. The highest BCUT2D eigenvalue weighted by atomic mass is 16.8. The molecule has 3 amide bonds. The highest BCUT2D eigenvalue weighted by molar-refractivity contribution is 5.74. The summed E-state index contributed by atoms with van der Waals surface area (Å²) in [5.74, 6) is -2.12. The van der Waals surface area contributed by atoms with Crippen molar-refractivity contribution in [1.29, 1.82) is 0 Å². The molecule has 0 aliphatic carbocycles. The van der Waals surface area contributed by atoms with E-state index >= 15 is 0 Å². The van der Waals surface area contributed by atoms with Crippen LogP contribution in [0.4, 0.5) is 0 Å². The molecule has 6 aliphatic heterocycles. The highest BCUT2D eigenvalue weighted by Crippen LogP contribution is 2.36. The van der Waals surface area contributed by atoms with E-state index in [-0.39, 0.29) is 0 Å². The third kappa shape index (κ3) is 13.7. The molecule has 0 aromatic heterocycles. The van der Waals surface area contributed by atoms with Gasteiger partial charge in [0.05, 0.1) is 51.8 Å². The third-order valence-electron chi connectivity index (χ3n) is 13.9. The van der Waals surface area contributed by atoms with Crippen LogP contribution in [0.2, 0.25) is 0 Å². The van der Waals surface area contributed by atoms with Crippen molar-refractivity contribution >= 4 is 17.7 Å². The number of aliphatic hydroxyl groups excluding tert-OH is 16. The van der Waals surface area contributed by atoms with E-state index in [0.29, 0.717) is 0 Å². The molecule has 0 spiro atoms. The lowest BCUT2D eigenvalue weighted by molar-refractivity contribution is -0.386. The number of amides is 3. The second-order valence-electron chi connectivity index (χ2n) is 19.3. The molecule has 12 unspecified atom stereocenters. The molecule has 0 radical (unpaired) electrons. The lowest BCUT2D eigenvalue weighted by Crippen LogP contribution is -2.70. The largest absolute Gasteiger partial charge is 0.394 e. The predicted octanol–water partition coefficient (Wildman–Crippen LogP) is -12.6. The number of rotatable bonds is 19. The summed E-state index contributed by atoms with van der Waals surface area (Å²) in [5.41, 5.74) is 0. The molecule has 30 atom stereocenters. The fourth-order valence-electron chi connectivity index (χ4n) is 9.86. The SMILES string of the molecule is CC(=O)NC1C(O)[C@H](O)[C@H](CO)O[C@H]1O[C@@H]1C(O)[C@H](O)C(CO)O[C@@H]1OCC1O[C@@H](O[C@@H]2C(CO)O[C@@H](O[C@@H]3C(CO)O[C@@H](C)[C@@H](NC(C)=O)C3O)[C@@H](NC(C)=O)C2O)[C@H](O)C(O[C@H]2O[C@H](CO)[C@@H](O)C(O)C2O)[C@@H]1O. The van der Waals surface area contributed by atoms with Gasteiger partial charge in [0.25, 0.3) is 0 Å². The second kappa shape index (κ2) is 27.2. The van der Waals surface area contributed by atoms with Gasteiger partial charge in [-0.05, 0) is 6.92 Å². The van der Waals surface area contributed by atoms with Crippen molar-refractivity contribution < 1.29 is 148 Å². The molecule has 76 heavy (non-hydrogen) atoms. The monoisotopic (exact) mass is 1110 g/mol. The quantitative estimate of drug-likeness (QED) is 0.0571. The molecule has 6 saturated heterocycles. The summed E-state index contributed by atoms with van der Waals surface area (Å²) in [6.45, 7) is -0.745. The van der Waals surface area contributed by atoms with Crippen molar-refractivity contribution in [3.8, 4) is 0 Å². The first-order valence-corrected chi connectivity index (χ1v) is 24.4. The first-order valence-electron chi connectivity index (χ1n) is 24.4. The van der Waals surface area contributed by atoms with Crippen molar-refractivity contribution in [2.45, 2.75) is 212 Å². The number of nitrogens with one attached hydrogen (secondary N) is 3. The van der Waals surface area contributed by atoms with Crippen molar-refractivity contribution in [3.63, 3.8) is 0 Å². The lowest BCUT2D eigenvalue weighted by Gasteiger charge is -2.50. The minimum absolute atomic E-state index is 0.561. The average molecular weight is 1110 g/mol. The summed E-state index contributed by atoms with van der Waals surface area (Å²) in [6.07, 6.45) is -49.5. The van der Waals surface area contributed by atoms with E-state index in [2.05, 4.69) is 16.0 Å². The molecule has 440 valence electrons. The average Bonchev–Trinajstić information content (AvgIpc) is 3.37. The van der Waals surface area contributed by atoms with Crippen molar-refractivity contribution in [2.24, 2.45) is 0 Å². The van der Waals surface area contributed by atoms with Gasteiger partial charge in [0, 0.05) is 20.8 Å². The Bertz CT molecular complexity index is 1870. The minimum Gasteiger partial charge on any atom is -0.394 e. The van der Waals surface area contributed by atoms with Crippen LogP contribution in [0.1, 0.15) is 27.7 Å². The van der Waals surface area contributed by atoms with Crippen LogP contribution in [0.5, 0.6) is 0 Å². The maximum atomic E-state index is 12.6. The van der Waals surface area contributed by atoms with Crippen LogP contribution in [0.25, 0.3) is 0 Å². The van der Waals surface area contributed by atoms with Gasteiger partial charge in [-0.25, -0.2) is 0 Å². The molecule has 6 rings (SSSR count). The van der Waals surface area contributed by atoms with Gasteiger partial charge in [0.15, 0.2) is 31.5 Å². The number of carbonyl (C=O) groups excluding carboxylic acids is 3. The Hall–Kier alpha value is -2.67. The van der Waals surface area contributed by atoms with Crippen LogP contribution in [0.15, 0.2) is 0 Å². The summed E-state index contributed by atoms with van der Waals surface area (Å²) in [4.78, 5) is 36.8. The van der Waals surface area contributed by atoms with Crippen molar-refractivity contribution in [1.82, 2.24) is 16.0 Å². The summed E-state index contributed by atoms with van der Waals surface area (Å²) in [7, 11) is 0. The molecule has 6 fully saturated rings. The van der Waals surface area contributed by atoms with Gasteiger partial charge in [-0.15, -0.1) is 0 Å². The maximum absolute atomic E-state index is 12.6. The van der Waals surface area contributed by atoms with Crippen LogP contribution >= 0.6 is 0 Å². The van der Waals surface area contributed by atoms with E-state index in [1.807, 2.05) is 0 Å². The van der Waals surface area contributed by atoms with E-state index in [1.54, 1.807) is 0 Å². The van der Waals surface area contributed by atoms with E-state index in [9.17, 15) is 96.1 Å². The van der Waals surface area contributed by atoms with Gasteiger partial charge in [0.1, 0.15) is 140 Å². The molecular formula is C43H73N3O30. The first-order chi connectivity index (χ1) is 35.9. The fraction of sp³-hybridized carbons (Fsp3) is 0.930. The van der Waals surface area contributed by atoms with Gasteiger partial charge >= 0.3 is 0 Å². The predicted molar refractivity (Wildman–Crippen MR) is 237 cm³/mol. The third-order valence-corrected chi connectivity index (χ3v) is 13.9. The Morgan fingerprint density at radius 3 is 1.25 bits per heavy atom. The Morgan fingerprint density at radius 1 is 0.355 bits per heavy atom. The zero-order valence-corrected chi connectivity index (χ0v) is 41.4. The number of carbonyl (C=O) groups is 3. The summed E-state index contributed by atoms with van der Waals surface area (Å²) >= 11 is 0. The van der Waals surface area contributed by atoms with Gasteiger partial charge in [0.2, 0.25) is 17.7 Å². The zero-order valence-electron chi connectivity index (χ0n) is 41.4. The fourth-order valence-corrected chi connectivity index (χ4v) is 9.86. The number of ether oxygens (including phenoxy) is 11. The molecule has 0 saturated carbocycles. The smallest absolute Gasteiger partial charge is 0.217 e. The highest BCUT2D eigenvalue weighted by Gasteiger charge is 2.57. The van der Waals surface area contributed by atoms with Crippen molar-refractivity contribution in [3.05, 3.63) is 0 Å². The minimum atomic E-state index is -2.26. The van der Waals surface area contributed by atoms with E-state index < -0.39 is 241 Å². The van der Waals surface area contributed by atoms with Crippen LogP contribution < -0.4 is 16.0 Å². The Morgan fingerprint density at radius 2 is 0.724 bits per heavy atom. The van der Waals surface area contributed by atoms with E-state index in [0.717, 1.165) is 13.8 Å². The van der Waals surface area contributed by atoms with Crippen molar-refractivity contribution in [2.75, 3.05) is 39.6 Å². The normalized spacial score (nSPS) is 48.2. The molecule has 0 bridgehead atoms. The topological polar surface area (TPSA) is 513 Å². The molecule has 33 nitrogen and oxygen atoms in total. The molecular weight excluding hydrogens is 1040 g/mol. The van der Waals surface area contributed by atoms with Crippen LogP contribution in [-0.2, 0) is 66.5 Å². The zero-order chi connectivity index (χ0) is 56.2. The maximum Gasteiger partial charge on any atom is 0.217 e. The van der Waals surface area contributed by atoms with E-state index in [1.165, 1.54) is 13.8 Å². The standard InChI is InChI=1S/C43H73N3O30/c1-11-21(44-12(2)52)29(60)35(18(8-50)67-11)73-40-23(46-14(4)54)30(61)36(19(9-51)71-40)74-42-34(65)37(75-41-33(64)31(62)25(56)16(6-48)69-41)27(58)20(72-42)10-66-43-38(32(63)26(57)17(7-49)70-43)76-39-22(45-13(3)53)28(59)24(55)15(5-47)68-39/h11,15-43,47-51,55-65H,5-10H2,1-4H3,(H,44,52)(H,45,53)(H,46,54)/t11-,15-,16+,17?,18?,19?,20?,21+,22?,23-,24+,25+,26+,27+,28?,29?,30?,31?,32?,33?,34+,35+,36+,37?,38+,39-,40-,41+,42-,43-/m0/s1. The Balaban J connectivity index is 1.30. The molecule has 19 N–H and O–H groups in total. The molecule has 0 aromatic carbocycles. The number of hydrogen-bond acceptors (Lipinski definition) is 30. The van der Waals surface area contributed by atoms with Gasteiger partial charge < -0.3 is 150 Å². The molecule has 6 aliphatic rings. The van der Waals surface area contributed by atoms with Gasteiger partial charge in [-0.2, -0.15) is 0 Å². The number of hydrogen-bond donors (Lipinski definition) is 19. The first kappa shape index (κ1) is 62.5. The van der Waals surface area contributed by atoms with Crippen LogP contribution in [0.3, 0.4) is 0 Å². The van der Waals surface area contributed by atoms with E-state index in [4.69, 9.17) is 52.1 Å². The second-order valence-corrected chi connectivity index (χ2v) is 19.3.